The summed E-state index contributed by atoms with van der Waals surface area (Å²) in [7, 11) is 0. The number of nitrogens with one attached hydrogen (secondary N) is 1. The van der Waals surface area contributed by atoms with Crippen LogP contribution in [0.1, 0.15) is 10.5 Å². The number of aromatic carboxylic acids is 1. The number of hydrogen-bond donors (Lipinski definition) is 2. The maximum absolute atomic E-state index is 10.8. The SMILES string of the molecule is O=C(O)c1cc(=O)[nH]c(=O)n1[N+](=O)[O-]. The molecule has 14 heavy (non-hydrogen) atoms. The summed E-state index contributed by atoms with van der Waals surface area (Å²) >= 11 is 0. The van der Waals surface area contributed by atoms with Crippen LogP contribution in [0.3, 0.4) is 0 Å². The Bertz CT molecular complexity index is 511. The lowest BCUT2D eigenvalue weighted by molar-refractivity contribution is -0.546. The van der Waals surface area contributed by atoms with Gasteiger partial charge < -0.3 is 5.11 Å². The van der Waals surface area contributed by atoms with Crippen LogP contribution in [0, 0.1) is 10.1 Å². The number of H-pyrrole nitrogens is 1. The summed E-state index contributed by atoms with van der Waals surface area (Å²) in [5, 5.41) is 17.5. The molecule has 0 aliphatic rings. The van der Waals surface area contributed by atoms with E-state index in [1.807, 2.05) is 0 Å². The number of hydrogen-bond acceptors (Lipinski definition) is 5. The number of rotatable bonds is 2. The molecule has 0 unspecified atom stereocenters. The Morgan fingerprint density at radius 1 is 1.57 bits per heavy atom. The molecule has 0 atom stereocenters. The van der Waals surface area contributed by atoms with Gasteiger partial charge in [-0.05, 0) is 0 Å². The Morgan fingerprint density at radius 3 is 2.57 bits per heavy atom. The normalized spacial score (nSPS) is 9.71. The van der Waals surface area contributed by atoms with Crippen molar-refractivity contribution in [1.82, 2.24) is 9.66 Å². The molecule has 0 fully saturated rings. The third-order valence-corrected chi connectivity index (χ3v) is 1.30. The molecule has 9 nitrogen and oxygen atoms in total. The number of carbonyl (C=O) groups is 1. The minimum absolute atomic E-state index is 0.260. The summed E-state index contributed by atoms with van der Waals surface area (Å²) in [4.78, 5) is 43.7. The van der Waals surface area contributed by atoms with Crippen molar-refractivity contribution in [3.05, 3.63) is 42.7 Å². The molecule has 0 saturated heterocycles. The van der Waals surface area contributed by atoms with E-state index in [0.717, 1.165) is 0 Å². The predicted octanol–water partition coefficient (Wildman–Crippen LogP) is -1.73. The molecule has 0 aliphatic carbocycles. The molecule has 0 aliphatic heterocycles. The van der Waals surface area contributed by atoms with E-state index in [0.29, 0.717) is 6.07 Å². The van der Waals surface area contributed by atoms with Gasteiger partial charge in [-0.2, -0.15) is 0 Å². The number of nitrogens with zero attached hydrogens (tertiary/aromatic N) is 2. The van der Waals surface area contributed by atoms with Gasteiger partial charge in [0, 0.05) is 10.7 Å². The third kappa shape index (κ3) is 1.50. The molecule has 0 radical (unpaired) electrons. The summed E-state index contributed by atoms with van der Waals surface area (Å²) < 4.78 is -0.260. The van der Waals surface area contributed by atoms with Crippen molar-refractivity contribution in [2.75, 3.05) is 0 Å². The number of aromatic amines is 1. The minimum Gasteiger partial charge on any atom is -0.476 e. The van der Waals surface area contributed by atoms with Gasteiger partial charge in [0.1, 0.15) is 0 Å². The first-order chi connectivity index (χ1) is 6.43. The molecular formula is C5H3N3O6. The van der Waals surface area contributed by atoms with Crippen molar-refractivity contribution in [1.29, 1.82) is 0 Å². The van der Waals surface area contributed by atoms with Crippen LogP contribution >= 0.6 is 0 Å². The van der Waals surface area contributed by atoms with E-state index < -0.39 is 27.9 Å². The van der Waals surface area contributed by atoms with Gasteiger partial charge in [0.15, 0.2) is 5.03 Å². The average Bonchev–Trinajstić information content (AvgIpc) is 2.01. The lowest BCUT2D eigenvalue weighted by Gasteiger charge is -1.97. The molecule has 0 bridgehead atoms. The fraction of sp³-hybridized carbons (Fsp3) is 0. The Kier molecular flexibility index (Phi) is 2.15. The van der Waals surface area contributed by atoms with Crippen molar-refractivity contribution in [2.24, 2.45) is 0 Å². The van der Waals surface area contributed by atoms with Crippen LogP contribution in [0.25, 0.3) is 0 Å². The Labute approximate surface area is 74.3 Å². The maximum Gasteiger partial charge on any atom is 0.388 e. The number of carboxylic acids is 1. The van der Waals surface area contributed by atoms with Crippen LogP contribution in [-0.4, -0.2) is 25.8 Å². The van der Waals surface area contributed by atoms with Crippen molar-refractivity contribution in [2.45, 2.75) is 0 Å². The zero-order chi connectivity index (χ0) is 10.9. The van der Waals surface area contributed by atoms with E-state index in [-0.39, 0.29) is 4.68 Å². The van der Waals surface area contributed by atoms with E-state index in [2.05, 4.69) is 0 Å². The van der Waals surface area contributed by atoms with Crippen LogP contribution < -0.4 is 11.2 Å². The number of nitro groups is 1. The van der Waals surface area contributed by atoms with Crippen molar-refractivity contribution in [3.8, 4) is 0 Å². The first-order valence-corrected chi connectivity index (χ1v) is 3.18. The lowest BCUT2D eigenvalue weighted by Crippen LogP contribution is -2.37. The molecule has 0 saturated carbocycles. The van der Waals surface area contributed by atoms with Crippen LogP contribution in [0.15, 0.2) is 15.7 Å². The first-order valence-electron chi connectivity index (χ1n) is 3.18. The molecule has 2 N–H and O–H groups in total. The molecule has 9 heteroatoms. The second-order valence-electron chi connectivity index (χ2n) is 2.18. The van der Waals surface area contributed by atoms with Gasteiger partial charge in [-0.25, -0.2) is 19.7 Å². The van der Waals surface area contributed by atoms with Crippen molar-refractivity contribution in [3.63, 3.8) is 0 Å². The lowest BCUT2D eigenvalue weighted by atomic mass is 10.4. The predicted molar refractivity (Wildman–Crippen MR) is 40.7 cm³/mol. The number of aromatic nitrogens is 2. The van der Waals surface area contributed by atoms with Crippen LogP contribution in [0.5, 0.6) is 0 Å². The van der Waals surface area contributed by atoms with Gasteiger partial charge in [0.05, 0.1) is 0 Å². The van der Waals surface area contributed by atoms with E-state index in [9.17, 15) is 24.5 Å². The summed E-state index contributed by atoms with van der Waals surface area (Å²) in [5.74, 6) is -1.73. The molecule has 1 rings (SSSR count). The van der Waals surface area contributed by atoms with Gasteiger partial charge in [0.2, 0.25) is 5.69 Å². The monoisotopic (exact) mass is 201 g/mol. The average molecular weight is 201 g/mol. The Hall–Kier alpha value is -2.45. The van der Waals surface area contributed by atoms with Gasteiger partial charge in [-0.15, -0.1) is 0 Å². The first kappa shape index (κ1) is 9.64. The van der Waals surface area contributed by atoms with E-state index >= 15 is 0 Å². The highest BCUT2D eigenvalue weighted by atomic mass is 16.7. The zero-order valence-electron chi connectivity index (χ0n) is 6.46. The smallest absolute Gasteiger partial charge is 0.388 e. The summed E-state index contributed by atoms with van der Waals surface area (Å²) in [6.07, 6.45) is 0. The standard InChI is InChI=1S/C5H3N3O6/c9-3-1-2(4(10)11)7(8(13)14)5(12)6-3/h1H,(H,10,11)(H,6,9,12). The van der Waals surface area contributed by atoms with E-state index in [1.165, 1.54) is 0 Å². The summed E-state index contributed by atoms with van der Waals surface area (Å²) in [6.45, 7) is 0. The molecule has 0 aromatic carbocycles. The Balaban J connectivity index is 3.70. The highest BCUT2D eigenvalue weighted by Crippen LogP contribution is 1.90. The van der Waals surface area contributed by atoms with Crippen LogP contribution in [-0.2, 0) is 0 Å². The molecular weight excluding hydrogens is 198 g/mol. The van der Waals surface area contributed by atoms with Crippen LogP contribution in [0.2, 0.25) is 0 Å². The maximum atomic E-state index is 10.8. The highest BCUT2D eigenvalue weighted by Gasteiger charge is 2.20. The van der Waals surface area contributed by atoms with Gasteiger partial charge in [-0.3, -0.25) is 9.78 Å². The Morgan fingerprint density at radius 2 is 2.14 bits per heavy atom. The second-order valence-corrected chi connectivity index (χ2v) is 2.18. The quantitative estimate of drug-likeness (QED) is 0.431. The van der Waals surface area contributed by atoms with Gasteiger partial charge >= 0.3 is 11.7 Å². The van der Waals surface area contributed by atoms with E-state index in [4.69, 9.17) is 5.11 Å². The van der Waals surface area contributed by atoms with E-state index in [1.54, 1.807) is 4.98 Å². The highest BCUT2D eigenvalue weighted by molar-refractivity contribution is 5.85. The van der Waals surface area contributed by atoms with Crippen LogP contribution in [0.4, 0.5) is 0 Å². The zero-order valence-corrected chi connectivity index (χ0v) is 6.46. The summed E-state index contributed by atoms with van der Waals surface area (Å²) in [5.41, 5.74) is -3.41. The van der Waals surface area contributed by atoms with Gasteiger partial charge in [0.25, 0.3) is 5.56 Å². The second kappa shape index (κ2) is 3.12. The molecule has 1 aromatic rings. The minimum atomic E-state index is -1.73. The molecule has 1 heterocycles. The molecule has 0 spiro atoms. The van der Waals surface area contributed by atoms with Gasteiger partial charge in [-0.1, -0.05) is 0 Å². The van der Waals surface area contributed by atoms with Crippen molar-refractivity contribution >= 4 is 5.97 Å². The molecule has 1 aromatic heterocycles. The largest absolute Gasteiger partial charge is 0.476 e. The molecule has 74 valence electrons. The number of carboxylic acid groups (broad SMARTS) is 1. The summed E-state index contributed by atoms with van der Waals surface area (Å²) in [6, 6.07) is 0.451. The third-order valence-electron chi connectivity index (χ3n) is 1.30. The molecule has 0 amide bonds. The topological polar surface area (TPSA) is 135 Å². The van der Waals surface area contributed by atoms with Crippen molar-refractivity contribution < 1.29 is 14.9 Å². The fourth-order valence-corrected chi connectivity index (χ4v) is 0.804. The fourth-order valence-electron chi connectivity index (χ4n) is 0.804.